The maximum absolute atomic E-state index is 12.8. The van der Waals surface area contributed by atoms with Crippen molar-refractivity contribution < 1.29 is 27.1 Å². The molecule has 0 saturated carbocycles. The number of nitrogens with zero attached hydrogens (tertiary/aromatic N) is 2. The summed E-state index contributed by atoms with van der Waals surface area (Å²) in [5.41, 5.74) is -1.73. The predicted molar refractivity (Wildman–Crippen MR) is 65.5 cm³/mol. The number of carbonyl (C=O) groups excluding carboxylic acids is 1. The zero-order valence-corrected chi connectivity index (χ0v) is 11.7. The molecule has 2 rings (SSSR count). The van der Waals surface area contributed by atoms with Crippen molar-refractivity contribution >= 4 is 6.03 Å². The van der Waals surface area contributed by atoms with Crippen LogP contribution in [0.4, 0.5) is 18.0 Å². The van der Waals surface area contributed by atoms with Gasteiger partial charge in [0.2, 0.25) is 0 Å². The van der Waals surface area contributed by atoms with Gasteiger partial charge in [0.1, 0.15) is 6.26 Å². The molecule has 0 spiro atoms. The maximum Gasteiger partial charge on any atom is 0.420 e. The minimum absolute atomic E-state index is 0.102. The number of nitrogens with one attached hydrogen (secondary N) is 1. The first kappa shape index (κ1) is 15.6. The van der Waals surface area contributed by atoms with Gasteiger partial charge in [0.05, 0.1) is 25.3 Å². The lowest BCUT2D eigenvalue weighted by Gasteiger charge is -2.49. The van der Waals surface area contributed by atoms with E-state index < -0.39 is 30.9 Å². The predicted octanol–water partition coefficient (Wildman–Crippen LogP) is 1.71. The molecule has 1 aromatic heterocycles. The van der Waals surface area contributed by atoms with Gasteiger partial charge in [-0.15, -0.1) is 0 Å². The SMILES string of the molecule is CCc1nc(CNC(=O)N2CC(OC)(C(F)(F)F)C2)co1. The van der Waals surface area contributed by atoms with Gasteiger partial charge in [-0.3, -0.25) is 0 Å². The number of aryl methyl sites for hydroxylation is 1. The molecule has 0 radical (unpaired) electrons. The number of hydrogen-bond acceptors (Lipinski definition) is 4. The summed E-state index contributed by atoms with van der Waals surface area (Å²) in [5, 5.41) is 2.49. The molecule has 1 aliphatic heterocycles. The Morgan fingerprint density at radius 1 is 1.57 bits per heavy atom. The second-order valence-electron chi connectivity index (χ2n) is 4.80. The molecule has 0 unspecified atom stereocenters. The molecule has 1 fully saturated rings. The molecule has 2 amide bonds. The summed E-state index contributed by atoms with van der Waals surface area (Å²) in [7, 11) is 0.990. The normalized spacial score (nSPS) is 17.5. The fraction of sp³-hybridized carbons (Fsp3) is 0.667. The molecule has 1 aromatic rings. The van der Waals surface area contributed by atoms with Crippen LogP contribution in [-0.4, -0.2) is 47.9 Å². The van der Waals surface area contributed by atoms with Crippen LogP contribution < -0.4 is 5.32 Å². The molecule has 0 bridgehead atoms. The number of likely N-dealkylation sites (tertiary alicyclic amines) is 1. The third-order valence-corrected chi connectivity index (χ3v) is 3.41. The zero-order chi connectivity index (χ0) is 15.7. The van der Waals surface area contributed by atoms with Crippen LogP contribution in [0.5, 0.6) is 0 Å². The number of amides is 2. The fourth-order valence-electron chi connectivity index (χ4n) is 2.01. The Bertz CT molecular complexity index is 509. The lowest BCUT2D eigenvalue weighted by atomic mass is 9.93. The minimum atomic E-state index is -4.50. The molecule has 0 aromatic carbocycles. The van der Waals surface area contributed by atoms with Crippen molar-refractivity contribution in [2.75, 3.05) is 20.2 Å². The van der Waals surface area contributed by atoms with Crippen molar-refractivity contribution in [3.8, 4) is 0 Å². The number of hydrogen-bond donors (Lipinski definition) is 1. The Labute approximate surface area is 119 Å². The Morgan fingerprint density at radius 2 is 2.24 bits per heavy atom. The van der Waals surface area contributed by atoms with Gasteiger partial charge in [0, 0.05) is 13.5 Å². The zero-order valence-electron chi connectivity index (χ0n) is 11.7. The standard InChI is InChI=1S/C12H16F3N3O3/c1-3-9-17-8(5-21-9)4-16-10(19)18-6-11(7-18,20-2)12(13,14)15/h5H,3-4,6-7H2,1-2H3,(H,16,19). The number of alkyl halides is 3. The van der Waals surface area contributed by atoms with Crippen molar-refractivity contribution in [1.82, 2.24) is 15.2 Å². The number of ether oxygens (including phenoxy) is 1. The van der Waals surface area contributed by atoms with Gasteiger partial charge in [0.25, 0.3) is 0 Å². The van der Waals surface area contributed by atoms with E-state index in [1.165, 1.54) is 6.26 Å². The second-order valence-corrected chi connectivity index (χ2v) is 4.80. The van der Waals surface area contributed by atoms with E-state index in [0.29, 0.717) is 18.0 Å². The summed E-state index contributed by atoms with van der Waals surface area (Å²) in [5.74, 6) is 0.540. The van der Waals surface area contributed by atoms with Crippen LogP contribution >= 0.6 is 0 Å². The van der Waals surface area contributed by atoms with E-state index in [2.05, 4.69) is 15.0 Å². The van der Waals surface area contributed by atoms with Gasteiger partial charge in [-0.05, 0) is 0 Å². The van der Waals surface area contributed by atoms with Crippen molar-refractivity contribution in [2.24, 2.45) is 0 Å². The highest BCUT2D eigenvalue weighted by Crippen LogP contribution is 2.40. The van der Waals surface area contributed by atoms with Crippen LogP contribution in [0.3, 0.4) is 0 Å². The van der Waals surface area contributed by atoms with E-state index in [-0.39, 0.29) is 6.54 Å². The van der Waals surface area contributed by atoms with Gasteiger partial charge in [-0.25, -0.2) is 9.78 Å². The lowest BCUT2D eigenvalue weighted by molar-refractivity contribution is -0.303. The highest BCUT2D eigenvalue weighted by Gasteiger charge is 2.63. The van der Waals surface area contributed by atoms with Crippen molar-refractivity contribution in [3.63, 3.8) is 0 Å². The summed E-state index contributed by atoms with van der Waals surface area (Å²) >= 11 is 0. The first-order chi connectivity index (χ1) is 9.81. The van der Waals surface area contributed by atoms with E-state index >= 15 is 0 Å². The summed E-state index contributed by atoms with van der Waals surface area (Å²) in [4.78, 5) is 16.9. The molecule has 6 nitrogen and oxygen atoms in total. The average Bonchev–Trinajstić information content (AvgIpc) is 2.82. The van der Waals surface area contributed by atoms with Gasteiger partial charge in [0.15, 0.2) is 11.5 Å². The molecule has 118 valence electrons. The minimum Gasteiger partial charge on any atom is -0.449 e. The molecular formula is C12H16F3N3O3. The second kappa shape index (κ2) is 5.55. The molecule has 0 atom stereocenters. The van der Waals surface area contributed by atoms with Crippen LogP contribution in [0.1, 0.15) is 18.5 Å². The van der Waals surface area contributed by atoms with Crippen molar-refractivity contribution in [1.29, 1.82) is 0 Å². The molecule has 9 heteroatoms. The Hall–Kier alpha value is -1.77. The molecule has 1 saturated heterocycles. The van der Waals surface area contributed by atoms with E-state index in [4.69, 9.17) is 4.42 Å². The van der Waals surface area contributed by atoms with E-state index in [1.807, 2.05) is 6.92 Å². The number of urea groups is 1. The summed E-state index contributed by atoms with van der Waals surface area (Å²) in [6.45, 7) is 0.941. The highest BCUT2D eigenvalue weighted by atomic mass is 19.4. The molecule has 21 heavy (non-hydrogen) atoms. The van der Waals surface area contributed by atoms with Crippen molar-refractivity contribution in [3.05, 3.63) is 17.8 Å². The van der Waals surface area contributed by atoms with Crippen molar-refractivity contribution in [2.45, 2.75) is 31.7 Å². The molecular weight excluding hydrogens is 291 g/mol. The van der Waals surface area contributed by atoms with E-state index in [0.717, 1.165) is 12.0 Å². The number of methoxy groups -OCH3 is 1. The first-order valence-corrected chi connectivity index (χ1v) is 6.39. The number of carbonyl (C=O) groups is 1. The quantitative estimate of drug-likeness (QED) is 0.919. The Morgan fingerprint density at radius 3 is 2.71 bits per heavy atom. The largest absolute Gasteiger partial charge is 0.449 e. The Balaban J connectivity index is 1.84. The van der Waals surface area contributed by atoms with Crippen LogP contribution in [0.25, 0.3) is 0 Å². The van der Waals surface area contributed by atoms with Crippen LogP contribution in [0, 0.1) is 0 Å². The number of halogens is 3. The van der Waals surface area contributed by atoms with Crippen LogP contribution in [-0.2, 0) is 17.7 Å². The molecule has 1 N–H and O–H groups in total. The van der Waals surface area contributed by atoms with Crippen LogP contribution in [0.2, 0.25) is 0 Å². The lowest BCUT2D eigenvalue weighted by Crippen LogP contribution is -2.72. The highest BCUT2D eigenvalue weighted by molar-refractivity contribution is 5.75. The third kappa shape index (κ3) is 2.97. The first-order valence-electron chi connectivity index (χ1n) is 6.39. The van der Waals surface area contributed by atoms with E-state index in [9.17, 15) is 18.0 Å². The van der Waals surface area contributed by atoms with Gasteiger partial charge in [-0.1, -0.05) is 6.92 Å². The maximum atomic E-state index is 12.8. The van der Waals surface area contributed by atoms with Gasteiger partial charge < -0.3 is 19.4 Å². The number of aromatic nitrogens is 1. The van der Waals surface area contributed by atoms with Gasteiger partial charge in [-0.2, -0.15) is 13.2 Å². The third-order valence-electron chi connectivity index (χ3n) is 3.41. The molecule has 0 aliphatic carbocycles. The summed E-state index contributed by atoms with van der Waals surface area (Å²) in [6, 6.07) is -0.590. The monoisotopic (exact) mass is 307 g/mol. The number of oxazole rings is 1. The van der Waals surface area contributed by atoms with Crippen LogP contribution in [0.15, 0.2) is 10.7 Å². The molecule has 2 heterocycles. The fourth-order valence-corrected chi connectivity index (χ4v) is 2.01. The van der Waals surface area contributed by atoms with Gasteiger partial charge >= 0.3 is 12.2 Å². The summed E-state index contributed by atoms with van der Waals surface area (Å²) in [6.07, 6.45) is -2.47. The smallest absolute Gasteiger partial charge is 0.420 e. The molecule has 1 aliphatic rings. The number of rotatable bonds is 4. The topological polar surface area (TPSA) is 67.6 Å². The Kier molecular flexibility index (Phi) is 4.13. The summed E-state index contributed by atoms with van der Waals surface area (Å²) < 4.78 is 48.0. The van der Waals surface area contributed by atoms with E-state index in [1.54, 1.807) is 0 Å². The average molecular weight is 307 g/mol.